The third kappa shape index (κ3) is 3.26. The maximum absolute atomic E-state index is 12.2. The fourth-order valence-electron chi connectivity index (χ4n) is 2.55. The first kappa shape index (κ1) is 13.9. The molecule has 4 heteroatoms. The lowest BCUT2D eigenvalue weighted by Gasteiger charge is -2.29. The molecule has 1 aliphatic carbocycles. The second-order valence-electron chi connectivity index (χ2n) is 5.21. The van der Waals surface area contributed by atoms with Crippen molar-refractivity contribution in [2.24, 2.45) is 5.73 Å². The van der Waals surface area contributed by atoms with E-state index < -0.39 is 0 Å². The first-order valence-corrected chi connectivity index (χ1v) is 6.83. The largest absolute Gasteiger partial charge is 0.496 e. The predicted octanol–water partition coefficient (Wildman–Crippen LogP) is 2.00. The number of methoxy groups -OCH3 is 1. The molecule has 104 valence electrons. The number of amides is 1. The van der Waals surface area contributed by atoms with Crippen LogP contribution in [0.15, 0.2) is 18.2 Å². The van der Waals surface area contributed by atoms with Gasteiger partial charge in [0.1, 0.15) is 5.75 Å². The molecular weight excluding hydrogens is 240 g/mol. The van der Waals surface area contributed by atoms with Crippen molar-refractivity contribution >= 4 is 5.91 Å². The zero-order valence-corrected chi connectivity index (χ0v) is 11.6. The van der Waals surface area contributed by atoms with Gasteiger partial charge in [-0.3, -0.25) is 4.79 Å². The lowest BCUT2D eigenvalue weighted by Crippen LogP contribution is -2.49. The van der Waals surface area contributed by atoms with Gasteiger partial charge in [-0.05, 0) is 37.5 Å². The summed E-state index contributed by atoms with van der Waals surface area (Å²) in [7, 11) is 1.61. The molecule has 0 aliphatic heterocycles. The number of aryl methyl sites for hydroxylation is 1. The van der Waals surface area contributed by atoms with E-state index in [1.807, 2.05) is 19.1 Å². The Bertz CT molecular complexity index is 459. The van der Waals surface area contributed by atoms with Crippen molar-refractivity contribution in [3.8, 4) is 5.75 Å². The molecule has 0 heterocycles. The van der Waals surface area contributed by atoms with Crippen molar-refractivity contribution in [1.82, 2.24) is 5.32 Å². The second kappa shape index (κ2) is 6.06. The predicted molar refractivity (Wildman–Crippen MR) is 75.4 cm³/mol. The Kier molecular flexibility index (Phi) is 4.43. The van der Waals surface area contributed by atoms with Crippen LogP contribution in [0, 0.1) is 6.92 Å². The van der Waals surface area contributed by atoms with Crippen molar-refractivity contribution in [2.45, 2.75) is 44.7 Å². The van der Waals surface area contributed by atoms with E-state index in [4.69, 9.17) is 10.5 Å². The van der Waals surface area contributed by atoms with Crippen molar-refractivity contribution in [1.29, 1.82) is 0 Å². The van der Waals surface area contributed by atoms with E-state index in [9.17, 15) is 4.79 Å². The third-order valence-electron chi connectivity index (χ3n) is 3.81. The smallest absolute Gasteiger partial charge is 0.251 e. The summed E-state index contributed by atoms with van der Waals surface area (Å²) in [4.78, 5) is 12.2. The monoisotopic (exact) mass is 262 g/mol. The summed E-state index contributed by atoms with van der Waals surface area (Å²) in [6.45, 7) is 1.96. The average Bonchev–Trinajstić information content (AvgIpc) is 2.42. The van der Waals surface area contributed by atoms with Crippen LogP contribution in [0.25, 0.3) is 0 Å². The first-order chi connectivity index (χ1) is 9.11. The second-order valence-corrected chi connectivity index (χ2v) is 5.21. The summed E-state index contributed by atoms with van der Waals surface area (Å²) in [5, 5.41) is 3.04. The van der Waals surface area contributed by atoms with Crippen LogP contribution in [0.5, 0.6) is 5.75 Å². The van der Waals surface area contributed by atoms with Crippen LogP contribution in [0.4, 0.5) is 0 Å². The molecule has 1 aromatic carbocycles. The summed E-state index contributed by atoms with van der Waals surface area (Å²) in [5.74, 6) is 0.668. The fraction of sp³-hybridized carbons (Fsp3) is 0.533. The summed E-state index contributed by atoms with van der Waals surface area (Å²) in [5.41, 5.74) is 7.69. The Morgan fingerprint density at radius 2 is 2.11 bits per heavy atom. The summed E-state index contributed by atoms with van der Waals surface area (Å²) in [6.07, 6.45) is 4.25. The van der Waals surface area contributed by atoms with Crippen LogP contribution in [-0.4, -0.2) is 25.1 Å². The maximum Gasteiger partial charge on any atom is 0.251 e. The number of benzene rings is 1. The molecule has 1 saturated carbocycles. The van der Waals surface area contributed by atoms with Gasteiger partial charge in [0, 0.05) is 17.6 Å². The first-order valence-electron chi connectivity index (χ1n) is 6.83. The van der Waals surface area contributed by atoms with Gasteiger partial charge < -0.3 is 15.8 Å². The summed E-state index contributed by atoms with van der Waals surface area (Å²) in [6, 6.07) is 5.66. The minimum atomic E-state index is -0.0688. The van der Waals surface area contributed by atoms with Gasteiger partial charge in [0.15, 0.2) is 0 Å². The van der Waals surface area contributed by atoms with Crippen LogP contribution in [0.1, 0.15) is 41.6 Å². The zero-order valence-electron chi connectivity index (χ0n) is 11.6. The molecule has 2 atom stereocenters. The number of hydrogen-bond donors (Lipinski definition) is 2. The van der Waals surface area contributed by atoms with Crippen LogP contribution in [0.2, 0.25) is 0 Å². The van der Waals surface area contributed by atoms with Crippen LogP contribution >= 0.6 is 0 Å². The molecule has 1 fully saturated rings. The lowest BCUT2D eigenvalue weighted by atomic mass is 9.91. The summed E-state index contributed by atoms with van der Waals surface area (Å²) >= 11 is 0. The Hall–Kier alpha value is -1.55. The number of carbonyl (C=O) groups excluding carboxylic acids is 1. The molecule has 2 rings (SSSR count). The van der Waals surface area contributed by atoms with Crippen molar-refractivity contribution < 1.29 is 9.53 Å². The average molecular weight is 262 g/mol. The number of hydrogen-bond acceptors (Lipinski definition) is 3. The molecule has 0 spiro atoms. The lowest BCUT2D eigenvalue weighted by molar-refractivity contribution is 0.0921. The van der Waals surface area contributed by atoms with Gasteiger partial charge in [0.05, 0.1) is 7.11 Å². The molecular formula is C15H22N2O2. The van der Waals surface area contributed by atoms with Gasteiger partial charge in [-0.1, -0.05) is 18.9 Å². The maximum atomic E-state index is 12.2. The number of nitrogens with two attached hydrogens (primary N) is 1. The molecule has 19 heavy (non-hydrogen) atoms. The number of ether oxygens (including phenoxy) is 1. The Morgan fingerprint density at radius 3 is 2.79 bits per heavy atom. The van der Waals surface area contributed by atoms with E-state index in [2.05, 4.69) is 5.32 Å². The highest BCUT2D eigenvalue weighted by Crippen LogP contribution is 2.20. The van der Waals surface area contributed by atoms with E-state index in [0.29, 0.717) is 5.56 Å². The van der Waals surface area contributed by atoms with Gasteiger partial charge in [-0.15, -0.1) is 0 Å². The highest BCUT2D eigenvalue weighted by molar-refractivity contribution is 5.95. The molecule has 0 saturated heterocycles. The van der Waals surface area contributed by atoms with E-state index >= 15 is 0 Å². The molecule has 0 radical (unpaired) electrons. The topological polar surface area (TPSA) is 64.3 Å². The third-order valence-corrected chi connectivity index (χ3v) is 3.81. The van der Waals surface area contributed by atoms with Gasteiger partial charge in [0.2, 0.25) is 0 Å². The summed E-state index contributed by atoms with van der Waals surface area (Å²) < 4.78 is 5.24. The molecule has 0 bridgehead atoms. The molecule has 3 N–H and O–H groups in total. The van der Waals surface area contributed by atoms with Crippen molar-refractivity contribution in [2.75, 3.05) is 7.11 Å². The standard InChI is InChI=1S/C15H22N2O2/c1-10-7-8-11(9-14(10)19-2)15(18)17-13-6-4-3-5-12(13)16/h7-9,12-13H,3-6,16H2,1-2H3,(H,17,18). The van der Waals surface area contributed by atoms with E-state index in [1.54, 1.807) is 13.2 Å². The molecule has 4 nitrogen and oxygen atoms in total. The fourth-order valence-corrected chi connectivity index (χ4v) is 2.55. The number of carbonyl (C=O) groups is 1. The number of rotatable bonds is 3. The Balaban J connectivity index is 2.07. The SMILES string of the molecule is COc1cc(C(=O)NC2CCCCC2N)ccc1C. The highest BCUT2D eigenvalue weighted by atomic mass is 16.5. The van der Waals surface area contributed by atoms with Crippen molar-refractivity contribution in [3.05, 3.63) is 29.3 Å². The molecule has 0 aromatic heterocycles. The van der Waals surface area contributed by atoms with E-state index in [0.717, 1.165) is 37.0 Å². The quantitative estimate of drug-likeness (QED) is 0.875. The van der Waals surface area contributed by atoms with Gasteiger partial charge in [-0.2, -0.15) is 0 Å². The van der Waals surface area contributed by atoms with Crippen molar-refractivity contribution in [3.63, 3.8) is 0 Å². The van der Waals surface area contributed by atoms with Gasteiger partial charge >= 0.3 is 0 Å². The number of nitrogens with one attached hydrogen (secondary N) is 1. The van der Waals surface area contributed by atoms with Crippen LogP contribution < -0.4 is 15.8 Å². The highest BCUT2D eigenvalue weighted by Gasteiger charge is 2.23. The Morgan fingerprint density at radius 1 is 1.37 bits per heavy atom. The Labute approximate surface area is 114 Å². The zero-order chi connectivity index (χ0) is 13.8. The minimum absolute atomic E-state index is 0.0688. The van der Waals surface area contributed by atoms with Crippen LogP contribution in [0.3, 0.4) is 0 Å². The van der Waals surface area contributed by atoms with Gasteiger partial charge in [-0.25, -0.2) is 0 Å². The molecule has 2 unspecified atom stereocenters. The minimum Gasteiger partial charge on any atom is -0.496 e. The van der Waals surface area contributed by atoms with E-state index in [-0.39, 0.29) is 18.0 Å². The van der Waals surface area contributed by atoms with Crippen LogP contribution in [-0.2, 0) is 0 Å². The molecule has 1 amide bonds. The van der Waals surface area contributed by atoms with E-state index in [1.165, 1.54) is 0 Å². The normalized spacial score (nSPS) is 22.9. The molecule has 1 aliphatic rings. The van der Waals surface area contributed by atoms with Gasteiger partial charge in [0.25, 0.3) is 5.91 Å². The molecule has 1 aromatic rings.